The first kappa shape index (κ1) is 27.5. The van der Waals surface area contributed by atoms with E-state index in [2.05, 4.69) is 37.6 Å². The van der Waals surface area contributed by atoms with E-state index in [1.165, 1.54) is 12.8 Å². The van der Waals surface area contributed by atoms with Gasteiger partial charge < -0.3 is 4.74 Å². The highest BCUT2D eigenvalue weighted by molar-refractivity contribution is 5.70. The minimum absolute atomic E-state index is 0.248. The predicted octanol–water partition coefficient (Wildman–Crippen LogP) is 9.20. The third-order valence-electron chi connectivity index (χ3n) is 6.25. The molecule has 1 aromatic heterocycles. The SMILES string of the molecule is C=CCc1ccc(-c2ccc(-c3ccc(C=CCCCC(C)OCCCCC)cn3)cc2)c(F)c1F. The van der Waals surface area contributed by atoms with Gasteiger partial charge in [0.15, 0.2) is 11.6 Å². The van der Waals surface area contributed by atoms with E-state index in [1.807, 2.05) is 30.5 Å². The van der Waals surface area contributed by atoms with E-state index in [1.54, 1.807) is 30.3 Å². The molecule has 0 fully saturated rings. The predicted molar refractivity (Wildman–Crippen MR) is 147 cm³/mol. The lowest BCUT2D eigenvalue weighted by molar-refractivity contribution is 0.0566. The van der Waals surface area contributed by atoms with E-state index in [0.29, 0.717) is 23.7 Å². The Balaban J connectivity index is 1.52. The zero-order chi connectivity index (χ0) is 25.8. The van der Waals surface area contributed by atoms with Crippen LogP contribution in [0.1, 0.15) is 63.5 Å². The molecule has 0 aliphatic heterocycles. The number of halogens is 2. The van der Waals surface area contributed by atoms with Gasteiger partial charge in [-0.2, -0.15) is 0 Å². The van der Waals surface area contributed by atoms with Crippen LogP contribution in [0, 0.1) is 11.6 Å². The maximum absolute atomic E-state index is 14.6. The Hall–Kier alpha value is -3.11. The Labute approximate surface area is 214 Å². The summed E-state index contributed by atoms with van der Waals surface area (Å²) in [6, 6.07) is 14.6. The molecule has 0 saturated heterocycles. The van der Waals surface area contributed by atoms with E-state index in [9.17, 15) is 8.78 Å². The van der Waals surface area contributed by atoms with Crippen LogP contribution in [0.15, 0.2) is 73.5 Å². The number of rotatable bonds is 14. The van der Waals surface area contributed by atoms with Crippen molar-refractivity contribution < 1.29 is 13.5 Å². The van der Waals surface area contributed by atoms with Crippen LogP contribution in [-0.4, -0.2) is 17.7 Å². The first-order valence-electron chi connectivity index (χ1n) is 13.0. The van der Waals surface area contributed by atoms with Crippen LogP contribution >= 0.6 is 0 Å². The second-order valence-corrected chi connectivity index (χ2v) is 9.17. The van der Waals surface area contributed by atoms with Gasteiger partial charge in [0, 0.05) is 23.9 Å². The second kappa shape index (κ2) is 14.4. The molecule has 0 amide bonds. The third-order valence-corrected chi connectivity index (χ3v) is 6.25. The fourth-order valence-electron chi connectivity index (χ4n) is 4.08. The van der Waals surface area contributed by atoms with E-state index in [-0.39, 0.29) is 5.56 Å². The molecule has 2 nitrogen and oxygen atoms in total. The first-order chi connectivity index (χ1) is 17.5. The van der Waals surface area contributed by atoms with Crippen LogP contribution in [0.2, 0.25) is 0 Å². The van der Waals surface area contributed by atoms with Crippen LogP contribution in [0.4, 0.5) is 8.78 Å². The normalized spacial score (nSPS) is 12.2. The molecule has 0 N–H and O–H groups in total. The average Bonchev–Trinajstić information content (AvgIpc) is 2.90. The summed E-state index contributed by atoms with van der Waals surface area (Å²) < 4.78 is 34.7. The molecule has 0 aliphatic rings. The highest BCUT2D eigenvalue weighted by Crippen LogP contribution is 2.29. The lowest BCUT2D eigenvalue weighted by Gasteiger charge is -2.12. The van der Waals surface area contributed by atoms with Crippen molar-refractivity contribution in [3.05, 3.63) is 96.2 Å². The van der Waals surface area contributed by atoms with Crippen molar-refractivity contribution >= 4 is 6.08 Å². The molecule has 0 spiro atoms. The van der Waals surface area contributed by atoms with Gasteiger partial charge in [0.1, 0.15) is 0 Å². The van der Waals surface area contributed by atoms with Gasteiger partial charge in [-0.1, -0.05) is 80.5 Å². The van der Waals surface area contributed by atoms with Gasteiger partial charge in [0.05, 0.1) is 11.8 Å². The van der Waals surface area contributed by atoms with Crippen LogP contribution in [-0.2, 0) is 11.2 Å². The molecule has 2 aromatic carbocycles. The summed E-state index contributed by atoms with van der Waals surface area (Å²) in [5, 5.41) is 0. The van der Waals surface area contributed by atoms with Crippen LogP contribution in [0.3, 0.4) is 0 Å². The van der Waals surface area contributed by atoms with E-state index < -0.39 is 11.6 Å². The van der Waals surface area contributed by atoms with Crippen LogP contribution in [0.25, 0.3) is 28.5 Å². The van der Waals surface area contributed by atoms with Crippen molar-refractivity contribution in [2.45, 2.75) is 64.9 Å². The summed E-state index contributed by atoms with van der Waals surface area (Å²) in [4.78, 5) is 4.58. The average molecular weight is 490 g/mol. The van der Waals surface area contributed by atoms with E-state index >= 15 is 0 Å². The zero-order valence-electron chi connectivity index (χ0n) is 21.5. The fourth-order valence-corrected chi connectivity index (χ4v) is 4.08. The lowest BCUT2D eigenvalue weighted by atomic mass is 9.99. The number of hydrogen-bond donors (Lipinski definition) is 0. The fraction of sp³-hybridized carbons (Fsp3) is 0.344. The molecule has 1 atom stereocenters. The highest BCUT2D eigenvalue weighted by atomic mass is 19.2. The number of hydrogen-bond acceptors (Lipinski definition) is 2. The Kier molecular flexibility index (Phi) is 11.0. The molecule has 0 radical (unpaired) electrons. The minimum atomic E-state index is -0.828. The number of nitrogens with zero attached hydrogens (tertiary/aromatic N) is 1. The van der Waals surface area contributed by atoms with Crippen molar-refractivity contribution in [2.24, 2.45) is 0 Å². The molecule has 190 valence electrons. The molecule has 4 heteroatoms. The van der Waals surface area contributed by atoms with E-state index in [0.717, 1.165) is 49.1 Å². The summed E-state index contributed by atoms with van der Waals surface area (Å²) in [5.74, 6) is -1.64. The molecule has 1 unspecified atom stereocenters. The van der Waals surface area contributed by atoms with Gasteiger partial charge in [-0.25, -0.2) is 8.78 Å². The quantitative estimate of drug-likeness (QED) is 0.166. The standard InChI is InChI=1S/C32H37F2NO/c1-4-6-10-22-36-24(3)12-8-7-9-13-25-14-21-30(35-23-25)27-17-15-26(16-18-27)29-20-19-28(11-5-2)31(33)32(29)34/h5,9,13-21,23-24H,2,4,6-8,10-12,22H2,1,3H3. The smallest absolute Gasteiger partial charge is 0.166 e. The number of allylic oxidation sites excluding steroid dienone is 2. The van der Waals surface area contributed by atoms with Crippen LogP contribution in [0.5, 0.6) is 0 Å². The summed E-state index contributed by atoms with van der Waals surface area (Å²) >= 11 is 0. The molecule has 36 heavy (non-hydrogen) atoms. The van der Waals surface area contributed by atoms with Gasteiger partial charge in [-0.3, -0.25) is 4.98 Å². The minimum Gasteiger partial charge on any atom is -0.379 e. The molecule has 0 aliphatic carbocycles. The molecule has 0 bridgehead atoms. The summed E-state index contributed by atoms with van der Waals surface area (Å²) in [6.45, 7) is 8.81. The largest absolute Gasteiger partial charge is 0.379 e. The number of aromatic nitrogens is 1. The van der Waals surface area contributed by atoms with Gasteiger partial charge in [-0.05, 0) is 61.8 Å². The maximum Gasteiger partial charge on any atom is 0.166 e. The first-order valence-corrected chi connectivity index (χ1v) is 13.0. The van der Waals surface area contributed by atoms with E-state index in [4.69, 9.17) is 4.74 Å². The summed E-state index contributed by atoms with van der Waals surface area (Å²) in [7, 11) is 0. The van der Waals surface area contributed by atoms with Gasteiger partial charge in [0.25, 0.3) is 0 Å². The molecule has 0 saturated carbocycles. The highest BCUT2D eigenvalue weighted by Gasteiger charge is 2.14. The Bertz CT molecular complexity index is 1120. The zero-order valence-corrected chi connectivity index (χ0v) is 21.5. The maximum atomic E-state index is 14.6. The lowest BCUT2D eigenvalue weighted by Crippen LogP contribution is -2.08. The number of ether oxygens (including phenoxy) is 1. The Morgan fingerprint density at radius 1 is 0.944 bits per heavy atom. The summed E-state index contributed by atoms with van der Waals surface area (Å²) in [5.41, 5.74) is 3.99. The monoisotopic (exact) mass is 489 g/mol. The van der Waals surface area contributed by atoms with Crippen molar-refractivity contribution in [1.82, 2.24) is 4.98 Å². The number of pyridine rings is 1. The Morgan fingerprint density at radius 2 is 1.72 bits per heavy atom. The third kappa shape index (κ3) is 7.96. The molecule has 3 rings (SSSR count). The number of benzene rings is 2. The number of unbranched alkanes of at least 4 members (excludes halogenated alkanes) is 3. The van der Waals surface area contributed by atoms with Crippen LogP contribution < -0.4 is 0 Å². The molecular formula is C32H37F2NO. The van der Waals surface area contributed by atoms with Crippen molar-refractivity contribution in [1.29, 1.82) is 0 Å². The summed E-state index contributed by atoms with van der Waals surface area (Å²) in [6.07, 6.45) is 15.1. The van der Waals surface area contributed by atoms with Gasteiger partial charge in [-0.15, -0.1) is 6.58 Å². The molecular weight excluding hydrogens is 452 g/mol. The second-order valence-electron chi connectivity index (χ2n) is 9.17. The van der Waals surface area contributed by atoms with Crippen molar-refractivity contribution in [2.75, 3.05) is 6.61 Å². The topological polar surface area (TPSA) is 22.1 Å². The Morgan fingerprint density at radius 3 is 2.42 bits per heavy atom. The van der Waals surface area contributed by atoms with Crippen molar-refractivity contribution in [3.8, 4) is 22.4 Å². The van der Waals surface area contributed by atoms with Crippen molar-refractivity contribution in [3.63, 3.8) is 0 Å². The van der Waals surface area contributed by atoms with Gasteiger partial charge in [0.2, 0.25) is 0 Å². The van der Waals surface area contributed by atoms with Gasteiger partial charge >= 0.3 is 0 Å². The molecule has 3 aromatic rings. The molecule has 1 heterocycles.